The summed E-state index contributed by atoms with van der Waals surface area (Å²) in [5.41, 5.74) is 1.89. The van der Waals surface area contributed by atoms with Crippen molar-refractivity contribution in [3.05, 3.63) is 23.3 Å². The second-order valence-electron chi connectivity index (χ2n) is 4.45. The minimum atomic E-state index is -0.809. The number of allylic oxidation sites excluding steroid dienone is 3. The first-order chi connectivity index (χ1) is 7.93. The monoisotopic (exact) mass is 258 g/mol. The Bertz CT molecular complexity index is 264. The summed E-state index contributed by atoms with van der Waals surface area (Å²) in [4.78, 5) is 0. The van der Waals surface area contributed by atoms with Crippen LogP contribution in [-0.4, -0.2) is 36.7 Å². The summed E-state index contributed by atoms with van der Waals surface area (Å²) in [6.07, 6.45) is 6.50. The molecule has 0 heterocycles. The van der Waals surface area contributed by atoms with E-state index in [1.807, 2.05) is 0 Å². The van der Waals surface area contributed by atoms with Gasteiger partial charge in [0.15, 0.2) is 0 Å². The zero-order valence-corrected chi connectivity index (χ0v) is 14.0. The highest BCUT2D eigenvalue weighted by Gasteiger charge is 2.21. The molecule has 0 amide bonds. The summed E-state index contributed by atoms with van der Waals surface area (Å²) in [6, 6.07) is 0. The number of ether oxygens (including phenoxy) is 3. The first-order valence-electron chi connectivity index (χ1n) is 5.96. The van der Waals surface area contributed by atoms with E-state index in [0.29, 0.717) is 16.8 Å². The van der Waals surface area contributed by atoms with Crippen molar-refractivity contribution in [2.75, 3.05) is 20.8 Å². The Labute approximate surface area is 108 Å². The molecule has 3 nitrogen and oxygen atoms in total. The van der Waals surface area contributed by atoms with Gasteiger partial charge in [-0.2, -0.15) is 0 Å². The predicted octanol–water partition coefficient (Wildman–Crippen LogP) is 1.97. The van der Waals surface area contributed by atoms with E-state index in [2.05, 4.69) is 32.9 Å². The topological polar surface area (TPSA) is 27.7 Å². The lowest BCUT2D eigenvalue weighted by Crippen LogP contribution is -2.37. The van der Waals surface area contributed by atoms with Crippen molar-refractivity contribution in [3.8, 4) is 0 Å². The van der Waals surface area contributed by atoms with Gasteiger partial charge in [0.05, 0.1) is 6.61 Å². The molecule has 0 spiro atoms. The smallest absolute Gasteiger partial charge is 0.245 e. The van der Waals surface area contributed by atoms with Gasteiger partial charge in [0.25, 0.3) is 0 Å². The zero-order valence-electron chi connectivity index (χ0n) is 12.0. The van der Waals surface area contributed by atoms with Crippen LogP contribution in [0, 0.1) is 0 Å². The minimum Gasteiger partial charge on any atom is -0.336 e. The molecular weight excluding hydrogens is 232 g/mol. The molecule has 0 unspecified atom stereocenters. The van der Waals surface area contributed by atoms with E-state index in [0.717, 1.165) is 12.8 Å². The van der Waals surface area contributed by atoms with E-state index >= 15 is 0 Å². The van der Waals surface area contributed by atoms with Gasteiger partial charge < -0.3 is 14.2 Å². The van der Waals surface area contributed by atoms with E-state index in [1.54, 1.807) is 14.2 Å². The van der Waals surface area contributed by atoms with Crippen molar-refractivity contribution in [1.29, 1.82) is 0 Å². The van der Waals surface area contributed by atoms with Crippen molar-refractivity contribution < 1.29 is 14.2 Å². The van der Waals surface area contributed by atoms with E-state index in [1.165, 1.54) is 11.1 Å². The van der Waals surface area contributed by atoms with E-state index in [4.69, 9.17) is 14.2 Å². The molecule has 0 aromatic carbocycles. The molecule has 0 aromatic rings. The maximum absolute atomic E-state index is 5.55. The molecule has 0 saturated heterocycles. The highest BCUT2D eigenvalue weighted by molar-refractivity contribution is 6.12. The van der Waals surface area contributed by atoms with E-state index in [-0.39, 0.29) is 0 Å². The average molecular weight is 258 g/mol. The van der Waals surface area contributed by atoms with Crippen LogP contribution in [0.2, 0.25) is 0 Å². The van der Waals surface area contributed by atoms with Crippen LogP contribution in [0.3, 0.4) is 0 Å². The molecule has 0 N–H and O–H groups in total. The molecule has 0 radical (unpaired) electrons. The average Bonchev–Trinajstić information content (AvgIpc) is 2.28. The summed E-state index contributed by atoms with van der Waals surface area (Å²) < 4.78 is 15.9. The number of rotatable bonds is 8. The van der Waals surface area contributed by atoms with Crippen LogP contribution in [0.5, 0.6) is 0 Å². The third-order valence-electron chi connectivity index (χ3n) is 2.61. The maximum Gasteiger partial charge on any atom is 0.245 e. The van der Waals surface area contributed by atoms with Gasteiger partial charge in [0.2, 0.25) is 5.60 Å². The molecule has 0 aliphatic heterocycles. The Hall–Kier alpha value is -0.423. The molecule has 100 valence electrons. The van der Waals surface area contributed by atoms with Crippen LogP contribution in [0.25, 0.3) is 0 Å². The summed E-state index contributed by atoms with van der Waals surface area (Å²) in [5.74, 6) is 0. The Morgan fingerprint density at radius 2 is 1.71 bits per heavy atom. The van der Waals surface area contributed by atoms with Crippen LogP contribution >= 0.6 is 0 Å². The van der Waals surface area contributed by atoms with Crippen molar-refractivity contribution in [2.24, 2.45) is 0 Å². The van der Waals surface area contributed by atoms with E-state index in [9.17, 15) is 0 Å². The van der Waals surface area contributed by atoms with Crippen LogP contribution in [-0.2, 0) is 14.2 Å². The number of hydrogen-bond acceptors (Lipinski definition) is 3. The fourth-order valence-electron chi connectivity index (χ4n) is 1.23. The maximum atomic E-state index is 5.55. The Balaban J connectivity index is 3.95. The van der Waals surface area contributed by atoms with Crippen LogP contribution in [0.1, 0.15) is 33.6 Å². The second-order valence-corrected chi connectivity index (χ2v) is 5.68. The molecule has 0 aliphatic carbocycles. The normalized spacial score (nSPS) is 12.9. The van der Waals surface area contributed by atoms with Gasteiger partial charge in [-0.05, 0) is 33.6 Å². The van der Waals surface area contributed by atoms with Crippen LogP contribution < -0.4 is 0 Å². The molecular formula is C13H26O3Si. The lowest BCUT2D eigenvalue weighted by atomic mass is 10.1. The van der Waals surface area contributed by atoms with Gasteiger partial charge >= 0.3 is 0 Å². The summed E-state index contributed by atoms with van der Waals surface area (Å²) >= 11 is 0. The molecule has 17 heavy (non-hydrogen) atoms. The Morgan fingerprint density at radius 3 is 2.18 bits per heavy atom. The summed E-state index contributed by atoms with van der Waals surface area (Å²) in [5, 5.41) is 0. The lowest BCUT2D eigenvalue weighted by Gasteiger charge is -2.26. The first kappa shape index (κ1) is 16.6. The minimum absolute atomic E-state index is 0.534. The van der Waals surface area contributed by atoms with Gasteiger partial charge in [-0.3, -0.25) is 0 Å². The Morgan fingerprint density at radius 1 is 1.12 bits per heavy atom. The summed E-state index contributed by atoms with van der Waals surface area (Å²) in [7, 11) is 3.87. The molecule has 0 saturated carbocycles. The number of hydrogen-bond donors (Lipinski definition) is 0. The lowest BCUT2D eigenvalue weighted by molar-refractivity contribution is -0.299. The zero-order chi connectivity index (χ0) is 13.3. The van der Waals surface area contributed by atoms with Crippen molar-refractivity contribution >= 4 is 10.2 Å². The highest BCUT2D eigenvalue weighted by Crippen LogP contribution is 2.10. The molecule has 0 aromatic heterocycles. The molecule has 0 fully saturated rings. The van der Waals surface area contributed by atoms with Gasteiger partial charge in [-0.15, -0.1) is 0 Å². The predicted molar refractivity (Wildman–Crippen MR) is 75.1 cm³/mol. The van der Waals surface area contributed by atoms with Crippen LogP contribution in [0.4, 0.5) is 0 Å². The van der Waals surface area contributed by atoms with Gasteiger partial charge in [-0.25, -0.2) is 0 Å². The quantitative estimate of drug-likeness (QED) is 0.378. The highest BCUT2D eigenvalue weighted by atomic mass is 28.1. The molecule has 0 rings (SSSR count). The van der Waals surface area contributed by atoms with Gasteiger partial charge in [0.1, 0.15) is 10.2 Å². The fourth-order valence-corrected chi connectivity index (χ4v) is 1.39. The summed E-state index contributed by atoms with van der Waals surface area (Å²) in [6.45, 7) is 6.90. The SMILES string of the molecule is COC([SiH3])(OC)OC/C=C(\C)CCC=C(C)C. The number of methoxy groups -OCH3 is 2. The van der Waals surface area contributed by atoms with Gasteiger partial charge in [0, 0.05) is 14.2 Å². The molecule has 4 heteroatoms. The molecule has 0 aliphatic rings. The Kier molecular flexibility index (Phi) is 8.42. The van der Waals surface area contributed by atoms with Gasteiger partial charge in [-0.1, -0.05) is 23.3 Å². The third-order valence-corrected chi connectivity index (χ3v) is 3.72. The standard InChI is InChI=1S/C13H26O3Si/c1-11(2)7-6-8-12(3)9-10-16-13(17,14-4)15-5/h7,9H,6,8,10H2,1-5,17H3/b12-9+. The second kappa shape index (κ2) is 8.64. The van der Waals surface area contributed by atoms with Crippen molar-refractivity contribution in [2.45, 2.75) is 39.2 Å². The largest absolute Gasteiger partial charge is 0.336 e. The third kappa shape index (κ3) is 8.32. The fraction of sp³-hybridized carbons (Fsp3) is 0.692. The van der Waals surface area contributed by atoms with Crippen LogP contribution in [0.15, 0.2) is 23.3 Å². The van der Waals surface area contributed by atoms with E-state index < -0.39 is 5.60 Å². The first-order valence-corrected chi connectivity index (χ1v) is 6.96. The molecule has 0 bridgehead atoms. The van der Waals surface area contributed by atoms with Crippen molar-refractivity contribution in [3.63, 3.8) is 0 Å². The molecule has 0 atom stereocenters. The van der Waals surface area contributed by atoms with Crippen molar-refractivity contribution in [1.82, 2.24) is 0 Å².